The average Bonchev–Trinajstić information content (AvgIpc) is 3.02. The number of carboxylic acid groups (broad SMARTS) is 1. The van der Waals surface area contributed by atoms with Gasteiger partial charge in [0, 0.05) is 11.9 Å². The number of hydrogen-bond acceptors (Lipinski definition) is 5. The van der Waals surface area contributed by atoms with Crippen LogP contribution in [0.15, 0.2) is 11.4 Å². The molecule has 2 aromatic rings. The molecule has 1 amide bonds. The highest BCUT2D eigenvalue weighted by atomic mass is 32.1. The normalized spacial score (nSPS) is 10.5. The minimum Gasteiger partial charge on any atom is -0.476 e. The van der Waals surface area contributed by atoms with Crippen molar-refractivity contribution in [3.05, 3.63) is 33.5 Å². The summed E-state index contributed by atoms with van der Waals surface area (Å²) in [6.45, 7) is 4.54. The van der Waals surface area contributed by atoms with Crippen LogP contribution in [0.2, 0.25) is 0 Å². The van der Waals surface area contributed by atoms with E-state index in [0.29, 0.717) is 17.2 Å². The van der Waals surface area contributed by atoms with Gasteiger partial charge in [0.1, 0.15) is 10.7 Å². The van der Waals surface area contributed by atoms with E-state index in [0.717, 1.165) is 5.69 Å². The van der Waals surface area contributed by atoms with Crippen LogP contribution >= 0.6 is 11.3 Å². The molecule has 0 fully saturated rings. The molecule has 8 heteroatoms. The molecule has 0 bridgehead atoms. The first-order valence-corrected chi connectivity index (χ1v) is 6.89. The quantitative estimate of drug-likeness (QED) is 0.866. The number of aromatic carboxylic acids is 1. The molecule has 0 saturated carbocycles. The summed E-state index contributed by atoms with van der Waals surface area (Å²) in [4.78, 5) is 26.7. The number of hydrogen-bond donors (Lipinski definition) is 2. The Morgan fingerprint density at radius 1 is 1.50 bits per heavy atom. The van der Waals surface area contributed by atoms with E-state index < -0.39 is 5.97 Å². The number of amides is 1. The summed E-state index contributed by atoms with van der Waals surface area (Å²) in [5, 5.41) is 17.7. The fraction of sp³-hybridized carbons (Fsp3) is 0.333. The second-order valence-corrected chi connectivity index (χ2v) is 5.04. The first-order chi connectivity index (χ1) is 9.51. The number of aryl methyl sites for hydroxylation is 2. The van der Waals surface area contributed by atoms with Crippen LogP contribution in [0.25, 0.3) is 0 Å². The predicted octanol–water partition coefficient (Wildman–Crippen LogP) is 1.30. The van der Waals surface area contributed by atoms with E-state index in [-0.39, 0.29) is 18.1 Å². The summed E-state index contributed by atoms with van der Waals surface area (Å²) >= 11 is 1.20. The Morgan fingerprint density at radius 3 is 2.85 bits per heavy atom. The molecule has 0 radical (unpaired) electrons. The van der Waals surface area contributed by atoms with Crippen LogP contribution in [-0.4, -0.2) is 31.7 Å². The van der Waals surface area contributed by atoms with Gasteiger partial charge in [-0.25, -0.2) is 9.78 Å². The first-order valence-electron chi connectivity index (χ1n) is 6.01. The largest absolute Gasteiger partial charge is 0.476 e. The smallest absolute Gasteiger partial charge is 0.355 e. The van der Waals surface area contributed by atoms with Crippen LogP contribution in [0.5, 0.6) is 0 Å². The summed E-state index contributed by atoms with van der Waals surface area (Å²) in [6.07, 6.45) is 0. The number of carboxylic acids is 1. The Bertz CT molecular complexity index is 647. The van der Waals surface area contributed by atoms with Crippen LogP contribution in [0, 0.1) is 6.92 Å². The van der Waals surface area contributed by atoms with Gasteiger partial charge in [0.25, 0.3) is 5.91 Å². The van der Waals surface area contributed by atoms with Gasteiger partial charge in [-0.15, -0.1) is 11.3 Å². The molecule has 2 heterocycles. The third-order valence-electron chi connectivity index (χ3n) is 2.61. The average molecular weight is 294 g/mol. The van der Waals surface area contributed by atoms with Crippen LogP contribution in [0.3, 0.4) is 0 Å². The van der Waals surface area contributed by atoms with Gasteiger partial charge >= 0.3 is 5.97 Å². The fourth-order valence-corrected chi connectivity index (χ4v) is 2.41. The topological polar surface area (TPSA) is 97.1 Å². The molecular weight excluding hydrogens is 280 g/mol. The minimum absolute atomic E-state index is 0.00584. The third kappa shape index (κ3) is 3.02. The van der Waals surface area contributed by atoms with Gasteiger partial charge in [0.05, 0.1) is 12.2 Å². The molecule has 0 spiro atoms. The summed E-state index contributed by atoms with van der Waals surface area (Å²) in [6, 6.07) is 1.71. The van der Waals surface area contributed by atoms with Gasteiger partial charge in [-0.3, -0.25) is 9.48 Å². The zero-order valence-electron chi connectivity index (χ0n) is 11.1. The second kappa shape index (κ2) is 5.83. The number of nitrogens with one attached hydrogen (secondary N) is 1. The minimum atomic E-state index is -1.07. The molecule has 0 aromatic carbocycles. The summed E-state index contributed by atoms with van der Waals surface area (Å²) in [7, 11) is 0. The van der Waals surface area contributed by atoms with E-state index in [1.54, 1.807) is 10.7 Å². The van der Waals surface area contributed by atoms with E-state index in [4.69, 9.17) is 5.11 Å². The number of nitrogens with zero attached hydrogens (tertiary/aromatic N) is 3. The van der Waals surface area contributed by atoms with Crippen molar-refractivity contribution >= 4 is 23.2 Å². The molecule has 0 aliphatic heterocycles. The summed E-state index contributed by atoms with van der Waals surface area (Å²) < 4.78 is 1.62. The molecule has 0 unspecified atom stereocenters. The number of rotatable bonds is 5. The van der Waals surface area contributed by atoms with Gasteiger partial charge in [0.15, 0.2) is 5.69 Å². The molecule has 20 heavy (non-hydrogen) atoms. The third-order valence-corrected chi connectivity index (χ3v) is 3.45. The Morgan fingerprint density at radius 2 is 2.25 bits per heavy atom. The maximum Gasteiger partial charge on any atom is 0.355 e. The SMILES string of the molecule is CCn1nc(C)cc1C(=O)NCc1nc(C(=O)O)cs1. The monoisotopic (exact) mass is 294 g/mol. The van der Waals surface area contributed by atoms with Crippen molar-refractivity contribution in [1.29, 1.82) is 0 Å². The van der Waals surface area contributed by atoms with Gasteiger partial charge in [-0.2, -0.15) is 5.10 Å². The highest BCUT2D eigenvalue weighted by Crippen LogP contribution is 2.10. The molecule has 106 valence electrons. The maximum atomic E-state index is 12.0. The standard InChI is InChI=1S/C12H14N4O3S/c1-3-16-9(4-7(2)15-16)11(17)13-5-10-14-8(6-20-10)12(18)19/h4,6H,3,5H2,1-2H3,(H,13,17)(H,18,19). The van der Waals surface area contributed by atoms with Gasteiger partial charge < -0.3 is 10.4 Å². The number of thiazole rings is 1. The van der Waals surface area contributed by atoms with Crippen LogP contribution in [0.1, 0.15) is 38.6 Å². The van der Waals surface area contributed by atoms with Crippen molar-refractivity contribution in [1.82, 2.24) is 20.1 Å². The van der Waals surface area contributed by atoms with E-state index >= 15 is 0 Å². The van der Waals surface area contributed by atoms with Crippen molar-refractivity contribution in [2.24, 2.45) is 0 Å². The van der Waals surface area contributed by atoms with E-state index in [2.05, 4.69) is 15.4 Å². The van der Waals surface area contributed by atoms with E-state index in [1.807, 2.05) is 13.8 Å². The van der Waals surface area contributed by atoms with Gasteiger partial charge in [0.2, 0.25) is 0 Å². The summed E-state index contributed by atoms with van der Waals surface area (Å²) in [5.41, 5.74) is 1.26. The lowest BCUT2D eigenvalue weighted by atomic mass is 10.3. The van der Waals surface area contributed by atoms with Crippen molar-refractivity contribution in [2.75, 3.05) is 0 Å². The van der Waals surface area contributed by atoms with E-state index in [1.165, 1.54) is 16.7 Å². The fourth-order valence-electron chi connectivity index (χ4n) is 1.71. The molecule has 7 nitrogen and oxygen atoms in total. The lowest BCUT2D eigenvalue weighted by Crippen LogP contribution is -2.25. The first kappa shape index (κ1) is 14.2. The lowest BCUT2D eigenvalue weighted by Gasteiger charge is -2.04. The summed E-state index contributed by atoms with van der Waals surface area (Å²) in [5.74, 6) is -1.32. The molecule has 0 aliphatic carbocycles. The Labute approximate surface area is 119 Å². The molecule has 2 aromatic heterocycles. The number of carbonyl (C=O) groups is 2. The van der Waals surface area contributed by atoms with Crippen molar-refractivity contribution in [2.45, 2.75) is 26.9 Å². The molecule has 2 N–H and O–H groups in total. The molecule has 0 atom stereocenters. The Hall–Kier alpha value is -2.22. The maximum absolute atomic E-state index is 12.0. The highest BCUT2D eigenvalue weighted by Gasteiger charge is 2.14. The van der Waals surface area contributed by atoms with Crippen LogP contribution in [-0.2, 0) is 13.1 Å². The number of carbonyl (C=O) groups excluding carboxylic acids is 1. The van der Waals surface area contributed by atoms with Crippen molar-refractivity contribution in [3.8, 4) is 0 Å². The zero-order chi connectivity index (χ0) is 14.7. The second-order valence-electron chi connectivity index (χ2n) is 4.10. The van der Waals surface area contributed by atoms with Crippen molar-refractivity contribution < 1.29 is 14.7 Å². The van der Waals surface area contributed by atoms with E-state index in [9.17, 15) is 9.59 Å². The highest BCUT2D eigenvalue weighted by molar-refractivity contribution is 7.09. The molecule has 0 saturated heterocycles. The van der Waals surface area contributed by atoms with Crippen LogP contribution in [0.4, 0.5) is 0 Å². The predicted molar refractivity (Wildman–Crippen MR) is 72.9 cm³/mol. The zero-order valence-corrected chi connectivity index (χ0v) is 11.9. The molecular formula is C12H14N4O3S. The molecule has 2 rings (SSSR count). The van der Waals surface area contributed by atoms with Gasteiger partial charge in [-0.05, 0) is 19.9 Å². The lowest BCUT2D eigenvalue weighted by molar-refractivity contribution is 0.0691. The van der Waals surface area contributed by atoms with Gasteiger partial charge in [-0.1, -0.05) is 0 Å². The Kier molecular flexibility index (Phi) is 4.14. The van der Waals surface area contributed by atoms with Crippen molar-refractivity contribution in [3.63, 3.8) is 0 Å². The van der Waals surface area contributed by atoms with Crippen LogP contribution < -0.4 is 5.32 Å². The number of aromatic nitrogens is 3. The molecule has 0 aliphatic rings. The Balaban J connectivity index is 2.02.